The van der Waals surface area contributed by atoms with Crippen LogP contribution in [0, 0.1) is 6.92 Å². The molecule has 19 heavy (non-hydrogen) atoms. The number of aryl methyl sites for hydroxylation is 1. The molecule has 0 bridgehead atoms. The molecule has 0 unspecified atom stereocenters. The largest absolute Gasteiger partial charge is 0.296 e. The molecule has 2 rings (SSSR count). The van der Waals surface area contributed by atoms with Crippen LogP contribution in [0.25, 0.3) is 11.3 Å². The third-order valence-corrected chi connectivity index (χ3v) is 3.18. The Labute approximate surface area is 113 Å². The molecule has 3 heteroatoms. The van der Waals surface area contributed by atoms with E-state index in [1.54, 1.807) is 6.07 Å². The third kappa shape index (κ3) is 2.87. The number of carbonyl (C=O) groups excluding carboxylic acids is 1. The van der Waals surface area contributed by atoms with E-state index in [0.29, 0.717) is 5.69 Å². The van der Waals surface area contributed by atoms with E-state index < -0.39 is 0 Å². The zero-order valence-corrected chi connectivity index (χ0v) is 11.8. The van der Waals surface area contributed by atoms with Gasteiger partial charge in [0.05, 0.1) is 5.69 Å². The Balaban J connectivity index is 2.49. The number of aldehydes is 1. The minimum absolute atomic E-state index is 0.128. The minimum atomic E-state index is 0.128. The molecule has 0 aliphatic heterocycles. The van der Waals surface area contributed by atoms with Gasteiger partial charge in [-0.1, -0.05) is 39.0 Å². The Kier molecular flexibility index (Phi) is 3.47. The van der Waals surface area contributed by atoms with Gasteiger partial charge in [-0.05, 0) is 29.5 Å². The average molecular weight is 254 g/mol. The Morgan fingerprint density at radius 2 is 1.84 bits per heavy atom. The first-order chi connectivity index (χ1) is 8.91. The van der Waals surface area contributed by atoms with Crippen molar-refractivity contribution in [2.75, 3.05) is 0 Å². The minimum Gasteiger partial charge on any atom is -0.296 e. The maximum absolute atomic E-state index is 10.8. The van der Waals surface area contributed by atoms with E-state index in [9.17, 15) is 4.79 Å². The first-order valence-corrected chi connectivity index (χ1v) is 6.30. The van der Waals surface area contributed by atoms with Crippen LogP contribution < -0.4 is 0 Å². The number of rotatable bonds is 2. The van der Waals surface area contributed by atoms with Gasteiger partial charge in [-0.15, -0.1) is 0 Å². The zero-order valence-electron chi connectivity index (χ0n) is 11.8. The molecule has 0 aliphatic rings. The standard InChI is InChI=1S/C16H18N2O/c1-11-7-12(16(2,3)4)5-6-14(11)15-8-13(9-19)17-10-18-15/h5-10H,1-4H3. The molecule has 0 N–H and O–H groups in total. The van der Waals surface area contributed by atoms with Crippen molar-refractivity contribution < 1.29 is 4.79 Å². The lowest BCUT2D eigenvalue weighted by Crippen LogP contribution is -2.11. The highest BCUT2D eigenvalue weighted by atomic mass is 16.1. The Morgan fingerprint density at radius 3 is 2.42 bits per heavy atom. The summed E-state index contributed by atoms with van der Waals surface area (Å²) in [6.45, 7) is 8.64. The predicted molar refractivity (Wildman–Crippen MR) is 76.3 cm³/mol. The molecular weight excluding hydrogens is 236 g/mol. The van der Waals surface area contributed by atoms with Crippen LogP contribution in [0.3, 0.4) is 0 Å². The fourth-order valence-corrected chi connectivity index (χ4v) is 2.00. The summed E-state index contributed by atoms with van der Waals surface area (Å²) in [7, 11) is 0. The second-order valence-electron chi connectivity index (χ2n) is 5.73. The van der Waals surface area contributed by atoms with Gasteiger partial charge in [0.15, 0.2) is 6.29 Å². The van der Waals surface area contributed by atoms with E-state index >= 15 is 0 Å². The predicted octanol–water partition coefficient (Wildman–Crippen LogP) is 3.56. The molecule has 2 aromatic rings. The Hall–Kier alpha value is -2.03. The van der Waals surface area contributed by atoms with E-state index in [2.05, 4.69) is 55.9 Å². The van der Waals surface area contributed by atoms with Gasteiger partial charge in [-0.2, -0.15) is 0 Å². The normalized spacial score (nSPS) is 11.4. The summed E-state index contributed by atoms with van der Waals surface area (Å²) in [6.07, 6.45) is 2.17. The van der Waals surface area contributed by atoms with Crippen molar-refractivity contribution in [3.8, 4) is 11.3 Å². The Bertz CT molecular complexity index is 612. The maximum atomic E-state index is 10.8. The molecule has 1 aromatic heterocycles. The zero-order chi connectivity index (χ0) is 14.0. The number of hydrogen-bond donors (Lipinski definition) is 0. The summed E-state index contributed by atoms with van der Waals surface area (Å²) in [5.41, 5.74) is 4.81. The quantitative estimate of drug-likeness (QED) is 0.769. The van der Waals surface area contributed by atoms with Crippen LogP contribution in [0.5, 0.6) is 0 Å². The van der Waals surface area contributed by atoms with Crippen molar-refractivity contribution in [3.63, 3.8) is 0 Å². The first kappa shape index (κ1) is 13.4. The van der Waals surface area contributed by atoms with E-state index in [4.69, 9.17) is 0 Å². The van der Waals surface area contributed by atoms with Crippen molar-refractivity contribution in [2.24, 2.45) is 0 Å². The highest BCUT2D eigenvalue weighted by molar-refractivity contribution is 5.75. The van der Waals surface area contributed by atoms with Gasteiger partial charge < -0.3 is 0 Å². The molecule has 3 nitrogen and oxygen atoms in total. The maximum Gasteiger partial charge on any atom is 0.168 e. The molecule has 0 saturated heterocycles. The monoisotopic (exact) mass is 254 g/mol. The number of benzene rings is 1. The lowest BCUT2D eigenvalue weighted by molar-refractivity contribution is 0.111. The molecule has 0 aliphatic carbocycles. The topological polar surface area (TPSA) is 42.9 Å². The lowest BCUT2D eigenvalue weighted by atomic mass is 9.85. The number of aromatic nitrogens is 2. The second kappa shape index (κ2) is 4.92. The van der Waals surface area contributed by atoms with Gasteiger partial charge in [-0.3, -0.25) is 4.79 Å². The van der Waals surface area contributed by atoms with Gasteiger partial charge in [0.1, 0.15) is 12.0 Å². The van der Waals surface area contributed by atoms with Crippen LogP contribution >= 0.6 is 0 Å². The highest BCUT2D eigenvalue weighted by Gasteiger charge is 2.15. The van der Waals surface area contributed by atoms with Crippen LogP contribution in [0.4, 0.5) is 0 Å². The molecule has 98 valence electrons. The van der Waals surface area contributed by atoms with Crippen molar-refractivity contribution in [2.45, 2.75) is 33.1 Å². The molecular formula is C16H18N2O. The molecule has 1 heterocycles. The summed E-state index contributed by atoms with van der Waals surface area (Å²) < 4.78 is 0. The van der Waals surface area contributed by atoms with E-state index in [1.807, 2.05) is 0 Å². The smallest absolute Gasteiger partial charge is 0.168 e. The molecule has 0 saturated carbocycles. The number of carbonyl (C=O) groups is 1. The Morgan fingerprint density at radius 1 is 1.11 bits per heavy atom. The van der Waals surface area contributed by atoms with Crippen LogP contribution in [-0.4, -0.2) is 16.3 Å². The van der Waals surface area contributed by atoms with Crippen LogP contribution in [-0.2, 0) is 5.41 Å². The van der Waals surface area contributed by atoms with Crippen LogP contribution in [0.15, 0.2) is 30.6 Å². The fourth-order valence-electron chi connectivity index (χ4n) is 2.00. The highest BCUT2D eigenvalue weighted by Crippen LogP contribution is 2.28. The summed E-state index contributed by atoms with van der Waals surface area (Å²) >= 11 is 0. The van der Waals surface area contributed by atoms with Gasteiger partial charge in [0.25, 0.3) is 0 Å². The van der Waals surface area contributed by atoms with Crippen molar-refractivity contribution in [3.05, 3.63) is 47.4 Å². The fraction of sp³-hybridized carbons (Fsp3) is 0.312. The van der Waals surface area contributed by atoms with Gasteiger partial charge in [0.2, 0.25) is 0 Å². The lowest BCUT2D eigenvalue weighted by Gasteiger charge is -2.20. The van der Waals surface area contributed by atoms with Crippen molar-refractivity contribution in [1.29, 1.82) is 0 Å². The van der Waals surface area contributed by atoms with Gasteiger partial charge in [0, 0.05) is 5.56 Å². The number of nitrogens with zero attached hydrogens (tertiary/aromatic N) is 2. The SMILES string of the molecule is Cc1cc(C(C)(C)C)ccc1-c1cc(C=O)ncn1. The summed E-state index contributed by atoms with van der Waals surface area (Å²) in [5.74, 6) is 0. The molecule has 1 aromatic carbocycles. The second-order valence-corrected chi connectivity index (χ2v) is 5.73. The molecule has 0 atom stereocenters. The molecule has 0 fully saturated rings. The van der Waals surface area contributed by atoms with Crippen molar-refractivity contribution >= 4 is 6.29 Å². The average Bonchev–Trinajstić information content (AvgIpc) is 2.37. The van der Waals surface area contributed by atoms with Crippen LogP contribution in [0.1, 0.15) is 42.4 Å². The summed E-state index contributed by atoms with van der Waals surface area (Å²) in [4.78, 5) is 18.9. The van der Waals surface area contributed by atoms with Crippen molar-refractivity contribution in [1.82, 2.24) is 9.97 Å². The van der Waals surface area contributed by atoms with E-state index in [1.165, 1.54) is 11.9 Å². The van der Waals surface area contributed by atoms with E-state index in [0.717, 1.165) is 23.1 Å². The van der Waals surface area contributed by atoms with Gasteiger partial charge in [-0.25, -0.2) is 9.97 Å². The van der Waals surface area contributed by atoms with Crippen LogP contribution in [0.2, 0.25) is 0 Å². The molecule has 0 amide bonds. The third-order valence-electron chi connectivity index (χ3n) is 3.18. The molecule has 0 radical (unpaired) electrons. The first-order valence-electron chi connectivity index (χ1n) is 6.30. The molecule has 0 spiro atoms. The summed E-state index contributed by atoms with van der Waals surface area (Å²) in [6, 6.07) is 8.07. The van der Waals surface area contributed by atoms with Gasteiger partial charge >= 0.3 is 0 Å². The van der Waals surface area contributed by atoms with E-state index in [-0.39, 0.29) is 5.41 Å². The summed E-state index contributed by atoms with van der Waals surface area (Å²) in [5, 5.41) is 0. The number of hydrogen-bond acceptors (Lipinski definition) is 3.